The van der Waals surface area contributed by atoms with E-state index in [9.17, 15) is 56.2 Å². The molecule has 11 N–H and O–H groups in total. The summed E-state index contributed by atoms with van der Waals surface area (Å²) in [5, 5.41) is 116. The van der Waals surface area contributed by atoms with Crippen molar-refractivity contribution in [3.63, 3.8) is 0 Å². The molecule has 0 bridgehead atoms. The van der Waals surface area contributed by atoms with Gasteiger partial charge in [-0.15, -0.1) is 0 Å². The molecule has 4 aliphatic heterocycles. The van der Waals surface area contributed by atoms with Crippen molar-refractivity contribution in [1.29, 1.82) is 0 Å². The molecule has 8 rings (SSSR count). The predicted molar refractivity (Wildman–Crippen MR) is 224 cm³/mol. The minimum absolute atomic E-state index is 0.0148. The van der Waals surface area contributed by atoms with Gasteiger partial charge in [-0.05, 0) is 80.5 Å². The van der Waals surface area contributed by atoms with Gasteiger partial charge in [0.2, 0.25) is 0 Å². The van der Waals surface area contributed by atoms with E-state index in [1.165, 1.54) is 6.92 Å². The second-order valence-electron chi connectivity index (χ2n) is 21.3. The fraction of sp³-hybridized carbons (Fsp3) is 0.957. The summed E-state index contributed by atoms with van der Waals surface area (Å²) in [4.78, 5) is 0. The maximum absolute atomic E-state index is 11.4. The lowest BCUT2D eigenvalue weighted by atomic mass is 9.46. The van der Waals surface area contributed by atoms with Crippen molar-refractivity contribution in [2.75, 3.05) is 26.9 Å². The number of hydrogen-bond donors (Lipinski definition) is 11. The summed E-state index contributed by atoms with van der Waals surface area (Å²) in [5.41, 5.74) is 0.421. The van der Waals surface area contributed by atoms with Crippen LogP contribution in [0.1, 0.15) is 86.0 Å². The van der Waals surface area contributed by atoms with Gasteiger partial charge in [-0.1, -0.05) is 39.3 Å². The minimum atomic E-state index is -1.70. The number of hydrogen-bond acceptors (Lipinski definition) is 19. The van der Waals surface area contributed by atoms with Crippen LogP contribution in [-0.2, 0) is 37.9 Å². The molecular formula is C46H76O19. The Morgan fingerprint density at radius 3 is 2.08 bits per heavy atom. The predicted octanol–water partition coefficient (Wildman–Crippen LogP) is -1.21. The molecule has 0 aromatic carbocycles. The summed E-state index contributed by atoms with van der Waals surface area (Å²) in [5.74, 6) is 0.0981. The molecule has 4 saturated heterocycles. The Kier molecular flexibility index (Phi) is 15.0. The molecule has 27 atom stereocenters. The Labute approximate surface area is 380 Å². The summed E-state index contributed by atoms with van der Waals surface area (Å²) in [6, 6.07) is 0. The monoisotopic (exact) mass is 932 g/mol. The van der Waals surface area contributed by atoms with Crippen molar-refractivity contribution in [3.8, 4) is 0 Å². The lowest BCUT2D eigenvalue weighted by Crippen LogP contribution is -2.65. The molecule has 374 valence electrons. The maximum Gasteiger partial charge on any atom is 0.187 e. The molecule has 0 spiro atoms. The van der Waals surface area contributed by atoms with Crippen molar-refractivity contribution in [3.05, 3.63) is 11.6 Å². The number of aliphatic hydroxyl groups is 11. The zero-order chi connectivity index (χ0) is 47.1. The van der Waals surface area contributed by atoms with Gasteiger partial charge in [0.15, 0.2) is 24.7 Å². The average molecular weight is 933 g/mol. The van der Waals surface area contributed by atoms with Crippen LogP contribution in [0, 0.1) is 46.3 Å². The lowest BCUT2D eigenvalue weighted by Gasteiger charge is -2.60. The highest BCUT2D eigenvalue weighted by atomic mass is 16.8. The van der Waals surface area contributed by atoms with Gasteiger partial charge in [0.25, 0.3) is 0 Å². The number of rotatable bonds is 13. The average Bonchev–Trinajstić information content (AvgIpc) is 3.74. The largest absolute Gasteiger partial charge is 0.394 e. The van der Waals surface area contributed by atoms with E-state index in [0.717, 1.165) is 31.3 Å². The second-order valence-corrected chi connectivity index (χ2v) is 21.3. The fourth-order valence-corrected chi connectivity index (χ4v) is 13.9. The van der Waals surface area contributed by atoms with Gasteiger partial charge in [0, 0.05) is 31.3 Å². The third-order valence-corrected chi connectivity index (χ3v) is 17.8. The van der Waals surface area contributed by atoms with Crippen LogP contribution in [0.2, 0.25) is 0 Å². The number of methoxy groups -OCH3 is 1. The first-order valence-electron chi connectivity index (χ1n) is 23.9. The summed E-state index contributed by atoms with van der Waals surface area (Å²) >= 11 is 0. The normalized spacial score (nSPS) is 54.8. The summed E-state index contributed by atoms with van der Waals surface area (Å²) in [6.07, 6.45) is -15.0. The first kappa shape index (κ1) is 50.4. The SMILES string of the molecule is COC1(CC[C@@H](C)CO[C@@H]2O[C@H](CO)[C@@H](O)[C@H](O)[C@H]2O)O[C@H]2C[C@H]3[C@@H]4CC=C5C[C@@H](O)C[C@@H](O[C@@H]6O[C@H](CO)[C@H](O)[C@H](O)[C@H]6O[C@@H]6O[C@@H](C)[C@H](O)[C@@H](O)[C@H]6O)[C@]5(C)[C@H]4CC[C@]3(C)[C@H]2[C@@H]1C. The first-order chi connectivity index (χ1) is 30.7. The first-order valence-corrected chi connectivity index (χ1v) is 23.9. The van der Waals surface area contributed by atoms with Gasteiger partial charge in [-0.2, -0.15) is 0 Å². The molecule has 3 saturated carbocycles. The molecule has 0 radical (unpaired) electrons. The lowest BCUT2D eigenvalue weighted by molar-refractivity contribution is -0.374. The standard InChI is InChI=1S/C46H76O19/c1-19(18-59-41-38(56)36(54)33(51)28(16-47)61-41)9-12-46(58-6)20(2)31-27(65-46)15-26-24-8-7-22-13-23(49)14-30(45(22,5)25(24)10-11-44(26,31)4)63-43-40(37(55)34(52)29(17-48)62-43)64-42-39(57)35(53)32(50)21(3)60-42/h7,19-21,23-43,47-57H,8-18H2,1-6H3/t19-,20+,21+,23-,24-,25+,26+,27+,28-,29-,30-,31+,32+,33-,34+,35-,36+,37+,38-,39-,40-,41-,42+,43+,44+,45+,46?/m1/s1. The van der Waals surface area contributed by atoms with Gasteiger partial charge in [0.05, 0.1) is 44.2 Å². The van der Waals surface area contributed by atoms with Crippen molar-refractivity contribution in [1.82, 2.24) is 0 Å². The summed E-state index contributed by atoms with van der Waals surface area (Å²) < 4.78 is 49.5. The van der Waals surface area contributed by atoms with Crippen LogP contribution >= 0.6 is 0 Å². The summed E-state index contributed by atoms with van der Waals surface area (Å²) in [6.45, 7) is 9.34. The van der Waals surface area contributed by atoms with Crippen LogP contribution < -0.4 is 0 Å². The van der Waals surface area contributed by atoms with Crippen molar-refractivity contribution < 1.29 is 94.1 Å². The Morgan fingerprint density at radius 1 is 0.754 bits per heavy atom. The van der Waals surface area contributed by atoms with E-state index in [1.54, 1.807) is 7.11 Å². The van der Waals surface area contributed by atoms with Crippen LogP contribution in [-0.4, -0.2) is 199 Å². The molecule has 65 heavy (non-hydrogen) atoms. The molecule has 19 nitrogen and oxygen atoms in total. The van der Waals surface area contributed by atoms with Crippen molar-refractivity contribution >= 4 is 0 Å². The highest BCUT2D eigenvalue weighted by molar-refractivity contribution is 5.29. The molecule has 7 fully saturated rings. The molecule has 0 aromatic heterocycles. The highest BCUT2D eigenvalue weighted by Gasteiger charge is 2.69. The van der Waals surface area contributed by atoms with Gasteiger partial charge < -0.3 is 94.1 Å². The Morgan fingerprint density at radius 2 is 1.40 bits per heavy atom. The number of allylic oxidation sites excluding steroid dienone is 1. The molecule has 0 aromatic rings. The molecule has 4 aliphatic carbocycles. The molecule has 0 amide bonds. The van der Waals surface area contributed by atoms with Gasteiger partial charge >= 0.3 is 0 Å². The maximum atomic E-state index is 11.4. The van der Waals surface area contributed by atoms with E-state index in [4.69, 9.17) is 37.9 Å². The second kappa shape index (κ2) is 19.3. The Hall–Kier alpha value is -1.02. The molecule has 19 heteroatoms. The van der Waals surface area contributed by atoms with E-state index in [-0.39, 0.29) is 54.1 Å². The van der Waals surface area contributed by atoms with Crippen LogP contribution in [0.3, 0.4) is 0 Å². The van der Waals surface area contributed by atoms with E-state index >= 15 is 0 Å². The molecule has 1 unspecified atom stereocenters. The quantitative estimate of drug-likeness (QED) is 0.0967. The number of fused-ring (bicyclic) bond motifs is 7. The van der Waals surface area contributed by atoms with Gasteiger partial charge in [-0.25, -0.2) is 0 Å². The van der Waals surface area contributed by atoms with E-state index in [0.29, 0.717) is 25.2 Å². The van der Waals surface area contributed by atoms with Gasteiger partial charge in [-0.3, -0.25) is 0 Å². The Bertz CT molecular complexity index is 1660. The fourth-order valence-electron chi connectivity index (χ4n) is 13.9. The number of aliphatic hydroxyl groups excluding tert-OH is 11. The van der Waals surface area contributed by atoms with Crippen LogP contribution in [0.25, 0.3) is 0 Å². The smallest absolute Gasteiger partial charge is 0.187 e. The van der Waals surface area contributed by atoms with Gasteiger partial charge in [0.1, 0.15) is 67.1 Å². The molecule has 8 aliphatic rings. The van der Waals surface area contributed by atoms with E-state index in [2.05, 4.69) is 26.8 Å². The minimum Gasteiger partial charge on any atom is -0.394 e. The zero-order valence-corrected chi connectivity index (χ0v) is 38.4. The topological polar surface area (TPSA) is 296 Å². The summed E-state index contributed by atoms with van der Waals surface area (Å²) in [7, 11) is 1.70. The third-order valence-electron chi connectivity index (χ3n) is 17.8. The molecule has 4 heterocycles. The van der Waals surface area contributed by atoms with E-state index in [1.807, 2.05) is 6.92 Å². The molecular weight excluding hydrogens is 856 g/mol. The van der Waals surface area contributed by atoms with Crippen molar-refractivity contribution in [2.45, 2.75) is 202 Å². The van der Waals surface area contributed by atoms with E-state index < -0.39 is 129 Å². The third kappa shape index (κ3) is 8.60. The van der Waals surface area contributed by atoms with Crippen molar-refractivity contribution in [2.24, 2.45) is 46.3 Å². The van der Waals surface area contributed by atoms with Crippen LogP contribution in [0.4, 0.5) is 0 Å². The van der Waals surface area contributed by atoms with Crippen LogP contribution in [0.15, 0.2) is 11.6 Å². The number of ether oxygens (including phenoxy) is 8. The Balaban J connectivity index is 0.963. The highest BCUT2D eigenvalue weighted by Crippen LogP contribution is 2.70. The zero-order valence-electron chi connectivity index (χ0n) is 38.4. The van der Waals surface area contributed by atoms with Crippen LogP contribution in [0.5, 0.6) is 0 Å².